The molecule has 5 aromatic rings. The van der Waals surface area contributed by atoms with E-state index in [9.17, 15) is 9.18 Å². The maximum atomic E-state index is 13.3. The Bertz CT molecular complexity index is 1640. The number of hydrogen-bond donors (Lipinski definition) is 3. The van der Waals surface area contributed by atoms with Gasteiger partial charge in [-0.25, -0.2) is 19.3 Å². The molecule has 3 aromatic heterocycles. The molecule has 1 atom stereocenters. The lowest BCUT2D eigenvalue weighted by Crippen LogP contribution is -2.27. The van der Waals surface area contributed by atoms with Gasteiger partial charge in [-0.2, -0.15) is 0 Å². The number of carbonyl (C=O) groups is 1. The minimum absolute atomic E-state index is 0.247. The molecule has 0 aliphatic heterocycles. The molecule has 0 saturated carbocycles. The van der Waals surface area contributed by atoms with E-state index in [0.717, 1.165) is 76.1 Å². The van der Waals surface area contributed by atoms with Gasteiger partial charge in [-0.05, 0) is 92.4 Å². The van der Waals surface area contributed by atoms with Crippen molar-refractivity contribution < 1.29 is 9.18 Å². The molecule has 0 radical (unpaired) electrons. The third-order valence-electron chi connectivity index (χ3n) is 7.23. The second kappa shape index (κ2) is 14.1. The van der Waals surface area contributed by atoms with Crippen LogP contribution in [-0.4, -0.2) is 27.4 Å². The van der Waals surface area contributed by atoms with Crippen LogP contribution in [0.25, 0.3) is 21.3 Å². The van der Waals surface area contributed by atoms with Crippen molar-refractivity contribution in [3.63, 3.8) is 0 Å². The number of benzene rings is 2. The van der Waals surface area contributed by atoms with Crippen molar-refractivity contribution in [2.75, 3.05) is 11.9 Å². The highest BCUT2D eigenvalue weighted by Crippen LogP contribution is 2.31. The fraction of sp³-hybridized carbons (Fsp3) is 0.273. The molecule has 9 heteroatoms. The number of nitrogens with two attached hydrogens (primary N) is 1. The summed E-state index contributed by atoms with van der Waals surface area (Å²) in [5.74, 6) is -0.0464. The highest BCUT2D eigenvalue weighted by atomic mass is 32.1. The highest BCUT2D eigenvalue weighted by Gasteiger charge is 2.16. The maximum Gasteiger partial charge on any atom is 0.255 e. The fourth-order valence-electron chi connectivity index (χ4n) is 4.89. The van der Waals surface area contributed by atoms with Gasteiger partial charge in [0.25, 0.3) is 5.91 Å². The van der Waals surface area contributed by atoms with Crippen LogP contribution < -0.4 is 16.4 Å². The van der Waals surface area contributed by atoms with Crippen molar-refractivity contribution in [1.82, 2.24) is 20.3 Å². The monoisotopic (exact) mass is 582 g/mol. The first-order chi connectivity index (χ1) is 20.5. The topological polar surface area (TPSA) is 106 Å². The zero-order valence-corrected chi connectivity index (χ0v) is 24.5. The summed E-state index contributed by atoms with van der Waals surface area (Å²) in [6.07, 6.45) is 8.69. The SMILES string of the molecule is C[C@H](NC(=O)c1cccnc1NCc1ccc(-c2ccc3ncnc(CCCCCCN)c3c2)s1)c1ccc(F)cc1. The molecule has 5 rings (SSSR count). The van der Waals surface area contributed by atoms with Crippen molar-refractivity contribution in [3.8, 4) is 10.4 Å². The van der Waals surface area contributed by atoms with E-state index in [2.05, 4.69) is 55.9 Å². The fourth-order valence-corrected chi connectivity index (χ4v) is 5.83. The Morgan fingerprint density at radius 1 is 0.976 bits per heavy atom. The standard InChI is InChI=1S/C33H35FN6OS/c1-22(23-9-12-25(34)13-10-23)40-33(41)27-7-6-18-36-32(27)37-20-26-14-16-31(42-26)24-11-15-30-28(19-24)29(38-21-39-30)8-4-2-3-5-17-35/h6-7,9-16,18-19,21-22H,2-5,8,17,20,35H2,1H3,(H,36,37)(H,40,41)/t22-/m0/s1. The summed E-state index contributed by atoms with van der Waals surface area (Å²) in [6, 6.07) is 19.9. The number of carbonyl (C=O) groups excluding carboxylic acids is 1. The van der Waals surface area contributed by atoms with Crippen LogP contribution in [0.15, 0.2) is 79.3 Å². The molecule has 0 spiro atoms. The zero-order valence-electron chi connectivity index (χ0n) is 23.6. The van der Waals surface area contributed by atoms with Gasteiger partial charge in [0.05, 0.1) is 29.4 Å². The number of amides is 1. The Morgan fingerprint density at radius 2 is 1.81 bits per heavy atom. The number of unbranched alkanes of at least 4 members (excludes halogenated alkanes) is 3. The average molecular weight is 583 g/mol. The summed E-state index contributed by atoms with van der Waals surface area (Å²) >= 11 is 1.70. The third-order valence-corrected chi connectivity index (χ3v) is 8.37. The van der Waals surface area contributed by atoms with E-state index in [4.69, 9.17) is 5.73 Å². The molecule has 216 valence electrons. The van der Waals surface area contributed by atoms with Crippen molar-refractivity contribution in [1.29, 1.82) is 0 Å². The molecular weight excluding hydrogens is 547 g/mol. The van der Waals surface area contributed by atoms with E-state index < -0.39 is 0 Å². The number of aromatic nitrogens is 3. The molecule has 0 aliphatic carbocycles. The second-order valence-electron chi connectivity index (χ2n) is 10.3. The van der Waals surface area contributed by atoms with E-state index in [0.29, 0.717) is 17.9 Å². The van der Waals surface area contributed by atoms with E-state index in [1.54, 1.807) is 48.1 Å². The highest BCUT2D eigenvalue weighted by molar-refractivity contribution is 7.15. The van der Waals surface area contributed by atoms with Crippen molar-refractivity contribution >= 4 is 34.0 Å². The third kappa shape index (κ3) is 7.35. The van der Waals surface area contributed by atoms with Crippen LogP contribution in [-0.2, 0) is 13.0 Å². The van der Waals surface area contributed by atoms with Gasteiger partial charge >= 0.3 is 0 Å². The lowest BCUT2D eigenvalue weighted by atomic mass is 10.0. The first kappa shape index (κ1) is 29.3. The van der Waals surface area contributed by atoms with Gasteiger partial charge in [-0.15, -0.1) is 11.3 Å². The van der Waals surface area contributed by atoms with Gasteiger partial charge in [0.2, 0.25) is 0 Å². The predicted molar refractivity (Wildman–Crippen MR) is 168 cm³/mol. The number of nitrogens with one attached hydrogen (secondary N) is 2. The van der Waals surface area contributed by atoms with Gasteiger partial charge in [0, 0.05) is 21.3 Å². The Kier molecular flexibility index (Phi) is 9.84. The van der Waals surface area contributed by atoms with Crippen LogP contribution in [0.3, 0.4) is 0 Å². The van der Waals surface area contributed by atoms with Crippen LogP contribution in [0.1, 0.15) is 65.1 Å². The van der Waals surface area contributed by atoms with Gasteiger partial charge < -0.3 is 16.4 Å². The molecule has 0 unspecified atom stereocenters. The lowest BCUT2D eigenvalue weighted by Gasteiger charge is -2.16. The number of pyridine rings is 1. The largest absolute Gasteiger partial charge is 0.365 e. The number of hydrogen-bond acceptors (Lipinski definition) is 7. The number of thiophene rings is 1. The van der Waals surface area contributed by atoms with E-state index >= 15 is 0 Å². The molecule has 0 aliphatic rings. The first-order valence-electron chi connectivity index (χ1n) is 14.3. The number of halogens is 1. The lowest BCUT2D eigenvalue weighted by molar-refractivity contribution is 0.0940. The zero-order chi connectivity index (χ0) is 29.3. The van der Waals surface area contributed by atoms with E-state index in [1.807, 2.05) is 6.92 Å². The second-order valence-corrected chi connectivity index (χ2v) is 11.4. The summed E-state index contributed by atoms with van der Waals surface area (Å²) in [7, 11) is 0. The summed E-state index contributed by atoms with van der Waals surface area (Å²) in [5.41, 5.74) is 10.1. The van der Waals surface area contributed by atoms with E-state index in [-0.39, 0.29) is 17.8 Å². The Labute approximate surface area is 249 Å². The summed E-state index contributed by atoms with van der Waals surface area (Å²) < 4.78 is 13.3. The van der Waals surface area contributed by atoms with Crippen LogP contribution in [0.2, 0.25) is 0 Å². The number of rotatable bonds is 13. The summed E-state index contributed by atoms with van der Waals surface area (Å²) in [5, 5.41) is 7.41. The molecule has 0 saturated heterocycles. The van der Waals surface area contributed by atoms with Crippen molar-refractivity contribution in [3.05, 3.63) is 107 Å². The average Bonchev–Trinajstić information content (AvgIpc) is 3.49. The quantitative estimate of drug-likeness (QED) is 0.128. The van der Waals surface area contributed by atoms with Gasteiger partial charge in [-0.1, -0.05) is 31.0 Å². The normalized spacial score (nSPS) is 11.9. The Hall–Kier alpha value is -4.21. The van der Waals surface area contributed by atoms with Crippen molar-refractivity contribution in [2.24, 2.45) is 5.73 Å². The summed E-state index contributed by atoms with van der Waals surface area (Å²) in [6.45, 7) is 3.14. The number of aryl methyl sites for hydroxylation is 1. The summed E-state index contributed by atoms with van der Waals surface area (Å²) in [4.78, 5) is 28.8. The predicted octanol–water partition coefficient (Wildman–Crippen LogP) is 7.06. The maximum absolute atomic E-state index is 13.3. The van der Waals surface area contributed by atoms with E-state index in [1.165, 1.54) is 12.1 Å². The van der Waals surface area contributed by atoms with Gasteiger partial charge in [-0.3, -0.25) is 4.79 Å². The molecule has 4 N–H and O–H groups in total. The van der Waals surface area contributed by atoms with Crippen molar-refractivity contribution in [2.45, 2.75) is 51.6 Å². The smallest absolute Gasteiger partial charge is 0.255 e. The first-order valence-corrected chi connectivity index (χ1v) is 15.1. The number of anilines is 1. The van der Waals surface area contributed by atoms with Crippen LogP contribution in [0, 0.1) is 5.82 Å². The number of nitrogens with zero attached hydrogens (tertiary/aromatic N) is 3. The van der Waals surface area contributed by atoms with Crippen LogP contribution >= 0.6 is 11.3 Å². The molecule has 1 amide bonds. The number of fused-ring (bicyclic) bond motifs is 1. The molecular formula is C33H35FN6OS. The minimum Gasteiger partial charge on any atom is -0.365 e. The van der Waals surface area contributed by atoms with Crippen LogP contribution in [0.5, 0.6) is 0 Å². The van der Waals surface area contributed by atoms with Gasteiger partial charge in [0.1, 0.15) is 18.0 Å². The minimum atomic E-state index is -0.308. The molecule has 0 fully saturated rings. The van der Waals surface area contributed by atoms with Gasteiger partial charge in [0.15, 0.2) is 0 Å². The Morgan fingerprint density at radius 3 is 2.64 bits per heavy atom. The molecule has 2 aromatic carbocycles. The molecule has 42 heavy (non-hydrogen) atoms. The molecule has 7 nitrogen and oxygen atoms in total. The van der Waals surface area contributed by atoms with Crippen LogP contribution in [0.4, 0.5) is 10.2 Å². The molecule has 3 heterocycles. The Balaban J connectivity index is 1.25. The molecule has 0 bridgehead atoms.